The highest BCUT2D eigenvalue weighted by Gasteiger charge is 2.06. The highest BCUT2D eigenvalue weighted by atomic mass is 79.9. The first kappa shape index (κ1) is 8.27. The second-order valence-corrected chi connectivity index (χ2v) is 3.20. The molecule has 1 N–H and O–H groups in total. The highest BCUT2D eigenvalue weighted by Crippen LogP contribution is 2.20. The maximum Gasteiger partial charge on any atom is 0.101 e. The number of aromatic amines is 1. The van der Waals surface area contributed by atoms with Gasteiger partial charge in [-0.05, 0) is 11.6 Å². The number of aromatic nitrogens is 2. The van der Waals surface area contributed by atoms with Crippen LogP contribution >= 0.6 is 15.9 Å². The zero-order valence-corrected chi connectivity index (χ0v) is 8.30. The van der Waals surface area contributed by atoms with Crippen LogP contribution in [0.25, 0.3) is 11.0 Å². The largest absolute Gasteiger partial charge is 0.344 e. The minimum atomic E-state index is 0.636. The van der Waals surface area contributed by atoms with Crippen LogP contribution in [0.4, 0.5) is 0 Å². The molecule has 0 saturated carbocycles. The Morgan fingerprint density at radius 1 is 1.54 bits per heavy atom. The molecular weight excluding hydrogens is 230 g/mol. The molecule has 0 aliphatic heterocycles. The van der Waals surface area contributed by atoms with Crippen LogP contribution in [0.1, 0.15) is 11.1 Å². The molecule has 4 heteroatoms. The average molecular weight is 236 g/mol. The lowest BCUT2D eigenvalue weighted by Gasteiger charge is -1.97. The number of H-pyrrole nitrogens is 1. The number of hydrogen-bond acceptors (Lipinski definition) is 2. The SMILES string of the molecule is N#Cc1ccc(CBr)c2nc[nH]c12. The number of hydrogen-bond donors (Lipinski definition) is 1. The Bertz CT molecular complexity index is 481. The Morgan fingerprint density at radius 2 is 2.38 bits per heavy atom. The van der Waals surface area contributed by atoms with Crippen molar-refractivity contribution in [3.8, 4) is 6.07 Å². The Hall–Kier alpha value is -1.34. The van der Waals surface area contributed by atoms with Gasteiger partial charge in [-0.3, -0.25) is 0 Å². The molecule has 0 spiro atoms. The smallest absolute Gasteiger partial charge is 0.101 e. The second-order valence-electron chi connectivity index (χ2n) is 2.64. The molecule has 0 radical (unpaired) electrons. The maximum absolute atomic E-state index is 8.81. The monoisotopic (exact) mass is 235 g/mol. The zero-order chi connectivity index (χ0) is 9.26. The molecule has 0 aliphatic carbocycles. The summed E-state index contributed by atoms with van der Waals surface area (Å²) in [7, 11) is 0. The third-order valence-corrected chi connectivity index (χ3v) is 2.53. The summed E-state index contributed by atoms with van der Waals surface area (Å²) >= 11 is 3.37. The molecule has 0 amide bonds. The van der Waals surface area contributed by atoms with E-state index in [0.29, 0.717) is 5.56 Å². The van der Waals surface area contributed by atoms with Crippen LogP contribution in [0, 0.1) is 11.3 Å². The number of nitrogens with zero attached hydrogens (tertiary/aromatic N) is 2. The van der Waals surface area contributed by atoms with E-state index in [1.807, 2.05) is 6.07 Å². The van der Waals surface area contributed by atoms with E-state index in [9.17, 15) is 0 Å². The minimum Gasteiger partial charge on any atom is -0.344 e. The fourth-order valence-electron chi connectivity index (χ4n) is 1.29. The molecule has 1 aromatic carbocycles. The fraction of sp³-hybridized carbons (Fsp3) is 0.111. The lowest BCUT2D eigenvalue weighted by molar-refractivity contribution is 1.33. The van der Waals surface area contributed by atoms with Gasteiger partial charge in [0.25, 0.3) is 0 Å². The number of rotatable bonds is 1. The number of benzene rings is 1. The quantitative estimate of drug-likeness (QED) is 0.772. The second kappa shape index (κ2) is 3.19. The Labute approximate surface area is 83.5 Å². The van der Waals surface area contributed by atoms with Crippen molar-refractivity contribution in [2.24, 2.45) is 0 Å². The summed E-state index contributed by atoms with van der Waals surface area (Å²) < 4.78 is 0. The van der Waals surface area contributed by atoms with E-state index in [1.54, 1.807) is 12.4 Å². The van der Waals surface area contributed by atoms with Crippen LogP contribution < -0.4 is 0 Å². The predicted octanol–water partition coefficient (Wildman–Crippen LogP) is 2.33. The van der Waals surface area contributed by atoms with Gasteiger partial charge in [0.15, 0.2) is 0 Å². The van der Waals surface area contributed by atoms with Crippen LogP contribution in [0.3, 0.4) is 0 Å². The van der Waals surface area contributed by atoms with E-state index >= 15 is 0 Å². The summed E-state index contributed by atoms with van der Waals surface area (Å²) in [5.41, 5.74) is 3.42. The first-order valence-corrected chi connectivity index (χ1v) is 4.90. The predicted molar refractivity (Wildman–Crippen MR) is 53.4 cm³/mol. The van der Waals surface area contributed by atoms with Gasteiger partial charge in [-0.15, -0.1) is 0 Å². The van der Waals surface area contributed by atoms with E-state index in [0.717, 1.165) is 21.9 Å². The molecule has 0 saturated heterocycles. The third-order valence-electron chi connectivity index (χ3n) is 1.93. The molecule has 0 bridgehead atoms. The minimum absolute atomic E-state index is 0.636. The lowest BCUT2D eigenvalue weighted by atomic mass is 10.1. The zero-order valence-electron chi connectivity index (χ0n) is 6.71. The van der Waals surface area contributed by atoms with E-state index in [2.05, 4.69) is 32.0 Å². The Kier molecular flexibility index (Phi) is 2.03. The van der Waals surface area contributed by atoms with Crippen molar-refractivity contribution in [1.29, 1.82) is 5.26 Å². The van der Waals surface area contributed by atoms with E-state index in [-0.39, 0.29) is 0 Å². The van der Waals surface area contributed by atoms with E-state index < -0.39 is 0 Å². The molecule has 2 aromatic rings. The molecule has 0 fully saturated rings. The van der Waals surface area contributed by atoms with E-state index in [1.165, 1.54) is 0 Å². The first-order valence-electron chi connectivity index (χ1n) is 3.78. The van der Waals surface area contributed by atoms with Crippen molar-refractivity contribution in [3.63, 3.8) is 0 Å². The van der Waals surface area contributed by atoms with Gasteiger partial charge in [0.2, 0.25) is 0 Å². The molecule has 13 heavy (non-hydrogen) atoms. The third kappa shape index (κ3) is 1.21. The standard InChI is InChI=1S/C9H6BrN3/c10-3-6-1-2-7(4-11)9-8(6)12-5-13-9/h1-2,5H,3H2,(H,12,13). The summed E-state index contributed by atoms with van der Waals surface area (Å²) in [6, 6.07) is 5.84. The van der Waals surface area contributed by atoms with Crippen molar-refractivity contribution in [2.75, 3.05) is 0 Å². The number of fused-ring (bicyclic) bond motifs is 1. The molecule has 0 unspecified atom stereocenters. The van der Waals surface area contributed by atoms with Crippen LogP contribution in [-0.4, -0.2) is 9.97 Å². The summed E-state index contributed by atoms with van der Waals surface area (Å²) in [5.74, 6) is 0. The van der Waals surface area contributed by atoms with Crippen molar-refractivity contribution < 1.29 is 0 Å². The highest BCUT2D eigenvalue weighted by molar-refractivity contribution is 9.08. The van der Waals surface area contributed by atoms with Gasteiger partial charge in [0.05, 0.1) is 22.9 Å². The van der Waals surface area contributed by atoms with Crippen LogP contribution in [0.15, 0.2) is 18.5 Å². The maximum atomic E-state index is 8.81. The topological polar surface area (TPSA) is 52.5 Å². The molecule has 64 valence electrons. The summed E-state index contributed by atoms with van der Waals surface area (Å²) in [5, 5.41) is 9.56. The number of halogens is 1. The van der Waals surface area contributed by atoms with Gasteiger partial charge >= 0.3 is 0 Å². The van der Waals surface area contributed by atoms with Crippen LogP contribution in [-0.2, 0) is 5.33 Å². The number of nitrogens with one attached hydrogen (secondary N) is 1. The van der Waals surface area contributed by atoms with Gasteiger partial charge < -0.3 is 4.98 Å². The van der Waals surface area contributed by atoms with Crippen molar-refractivity contribution in [1.82, 2.24) is 9.97 Å². The van der Waals surface area contributed by atoms with Crippen molar-refractivity contribution in [2.45, 2.75) is 5.33 Å². The van der Waals surface area contributed by atoms with Gasteiger partial charge in [0, 0.05) is 5.33 Å². The van der Waals surface area contributed by atoms with Crippen LogP contribution in [0.2, 0.25) is 0 Å². The van der Waals surface area contributed by atoms with Gasteiger partial charge in [-0.25, -0.2) is 4.98 Å². The van der Waals surface area contributed by atoms with Crippen molar-refractivity contribution in [3.05, 3.63) is 29.6 Å². The van der Waals surface area contributed by atoms with Crippen LogP contribution in [0.5, 0.6) is 0 Å². The average Bonchev–Trinajstić information content (AvgIpc) is 2.64. The summed E-state index contributed by atoms with van der Waals surface area (Å²) in [6.45, 7) is 0. The lowest BCUT2D eigenvalue weighted by Crippen LogP contribution is -1.84. The van der Waals surface area contributed by atoms with Gasteiger partial charge in [0.1, 0.15) is 6.07 Å². The molecule has 3 nitrogen and oxygen atoms in total. The molecular formula is C9H6BrN3. The first-order chi connectivity index (χ1) is 6.36. The number of alkyl halides is 1. The van der Waals surface area contributed by atoms with Gasteiger partial charge in [-0.2, -0.15) is 5.26 Å². The fourth-order valence-corrected chi connectivity index (χ4v) is 1.74. The number of nitriles is 1. The Morgan fingerprint density at radius 3 is 3.08 bits per heavy atom. The van der Waals surface area contributed by atoms with Crippen molar-refractivity contribution >= 4 is 27.0 Å². The summed E-state index contributed by atoms with van der Waals surface area (Å²) in [4.78, 5) is 7.12. The Balaban J connectivity index is 2.83. The number of imidazole rings is 1. The molecule has 0 aliphatic rings. The summed E-state index contributed by atoms with van der Waals surface area (Å²) in [6.07, 6.45) is 1.61. The van der Waals surface area contributed by atoms with Gasteiger partial charge in [-0.1, -0.05) is 22.0 Å². The molecule has 1 heterocycles. The van der Waals surface area contributed by atoms with E-state index in [4.69, 9.17) is 5.26 Å². The molecule has 1 aromatic heterocycles. The molecule has 2 rings (SSSR count). The normalized spacial score (nSPS) is 10.2. The molecule has 0 atom stereocenters.